The zero-order valence-electron chi connectivity index (χ0n) is 14.5. The Bertz CT molecular complexity index is 907. The summed E-state index contributed by atoms with van der Waals surface area (Å²) >= 11 is 0. The third kappa shape index (κ3) is 3.31. The number of ether oxygens (including phenoxy) is 1. The first kappa shape index (κ1) is 16.3. The van der Waals surface area contributed by atoms with Crippen molar-refractivity contribution in [1.29, 1.82) is 0 Å². The Morgan fingerprint density at radius 2 is 2.12 bits per heavy atom. The summed E-state index contributed by atoms with van der Waals surface area (Å²) in [7, 11) is 1.64. The van der Waals surface area contributed by atoms with Crippen molar-refractivity contribution >= 4 is 11.8 Å². The number of aromatic nitrogens is 3. The molecule has 0 bridgehead atoms. The van der Waals surface area contributed by atoms with E-state index in [0.29, 0.717) is 18.8 Å². The first-order chi connectivity index (χ1) is 12.7. The Kier molecular flexibility index (Phi) is 4.40. The molecule has 1 aliphatic rings. The van der Waals surface area contributed by atoms with Crippen LogP contribution in [0.25, 0.3) is 11.3 Å². The van der Waals surface area contributed by atoms with E-state index < -0.39 is 0 Å². The summed E-state index contributed by atoms with van der Waals surface area (Å²) in [5.41, 5.74) is 9.61. The van der Waals surface area contributed by atoms with Crippen LogP contribution in [-0.4, -0.2) is 28.8 Å². The second-order valence-corrected chi connectivity index (χ2v) is 6.05. The van der Waals surface area contributed by atoms with Gasteiger partial charge < -0.3 is 25.6 Å². The number of nitrogens with zero attached hydrogens (tertiary/aromatic N) is 3. The van der Waals surface area contributed by atoms with Gasteiger partial charge in [-0.1, -0.05) is 5.16 Å². The summed E-state index contributed by atoms with van der Waals surface area (Å²) in [5, 5.41) is 10.7. The molecular formula is C18H20N6O2. The summed E-state index contributed by atoms with van der Waals surface area (Å²) < 4.78 is 10.6. The highest BCUT2D eigenvalue weighted by Gasteiger charge is 2.17. The van der Waals surface area contributed by atoms with Gasteiger partial charge in [0.1, 0.15) is 17.3 Å². The average molecular weight is 352 g/mol. The standard InChI is InChI=1S/C18H20N6O2/c1-25-13-4-2-11(3-5-13)16-8-12(24-26-16)9-21-17-14-6-7-20-10-15(14)22-18(19)23-17/h2-5,8,20H,6-7,9-10H2,1H3,(H3,19,21,22,23). The first-order valence-electron chi connectivity index (χ1n) is 8.43. The fourth-order valence-electron chi connectivity index (χ4n) is 2.99. The van der Waals surface area contributed by atoms with Crippen molar-refractivity contribution in [3.63, 3.8) is 0 Å². The van der Waals surface area contributed by atoms with Crippen LogP contribution in [0.1, 0.15) is 17.0 Å². The molecule has 0 atom stereocenters. The van der Waals surface area contributed by atoms with Gasteiger partial charge in [-0.25, -0.2) is 4.98 Å². The lowest BCUT2D eigenvalue weighted by Gasteiger charge is -2.19. The molecule has 8 nitrogen and oxygen atoms in total. The van der Waals surface area contributed by atoms with Crippen molar-refractivity contribution in [2.75, 3.05) is 24.7 Å². The van der Waals surface area contributed by atoms with Crippen LogP contribution in [0.15, 0.2) is 34.9 Å². The van der Waals surface area contributed by atoms with E-state index in [1.54, 1.807) is 7.11 Å². The number of hydrogen-bond acceptors (Lipinski definition) is 8. The first-order valence-corrected chi connectivity index (χ1v) is 8.43. The minimum atomic E-state index is 0.272. The van der Waals surface area contributed by atoms with Crippen LogP contribution >= 0.6 is 0 Å². The molecule has 0 unspecified atom stereocenters. The van der Waals surface area contributed by atoms with Gasteiger partial charge in [0.05, 0.1) is 19.3 Å². The summed E-state index contributed by atoms with van der Waals surface area (Å²) in [6, 6.07) is 9.56. The Morgan fingerprint density at radius 1 is 1.27 bits per heavy atom. The third-order valence-electron chi connectivity index (χ3n) is 4.32. The fourth-order valence-corrected chi connectivity index (χ4v) is 2.99. The van der Waals surface area contributed by atoms with Crippen LogP contribution in [0.2, 0.25) is 0 Å². The van der Waals surface area contributed by atoms with Crippen molar-refractivity contribution in [2.45, 2.75) is 19.5 Å². The van der Waals surface area contributed by atoms with Gasteiger partial charge in [-0.2, -0.15) is 4.98 Å². The van der Waals surface area contributed by atoms with E-state index in [0.717, 1.165) is 47.0 Å². The van der Waals surface area contributed by atoms with Crippen molar-refractivity contribution in [3.8, 4) is 17.1 Å². The molecule has 0 saturated heterocycles. The molecule has 2 aromatic heterocycles. The Balaban J connectivity index is 1.49. The van der Waals surface area contributed by atoms with Crippen LogP contribution in [-0.2, 0) is 19.5 Å². The van der Waals surface area contributed by atoms with Crippen molar-refractivity contribution in [2.24, 2.45) is 0 Å². The lowest BCUT2D eigenvalue weighted by molar-refractivity contribution is 0.414. The molecule has 4 rings (SSSR count). The highest BCUT2D eigenvalue weighted by atomic mass is 16.5. The monoisotopic (exact) mass is 352 g/mol. The maximum atomic E-state index is 5.82. The fraction of sp³-hybridized carbons (Fsp3) is 0.278. The molecule has 3 heterocycles. The van der Waals surface area contributed by atoms with Crippen LogP contribution in [0.5, 0.6) is 5.75 Å². The molecule has 0 aliphatic carbocycles. The van der Waals surface area contributed by atoms with E-state index in [4.69, 9.17) is 15.0 Å². The number of methoxy groups -OCH3 is 1. The van der Waals surface area contributed by atoms with E-state index >= 15 is 0 Å². The van der Waals surface area contributed by atoms with Gasteiger partial charge >= 0.3 is 0 Å². The van der Waals surface area contributed by atoms with Crippen LogP contribution < -0.4 is 21.1 Å². The van der Waals surface area contributed by atoms with E-state index in [1.807, 2.05) is 30.3 Å². The summed E-state index contributed by atoms with van der Waals surface area (Å²) in [4.78, 5) is 8.65. The smallest absolute Gasteiger partial charge is 0.222 e. The minimum absolute atomic E-state index is 0.272. The predicted octanol–water partition coefficient (Wildman–Crippen LogP) is 1.98. The largest absolute Gasteiger partial charge is 0.497 e. The summed E-state index contributed by atoms with van der Waals surface area (Å²) in [6.07, 6.45) is 0.869. The van der Waals surface area contributed by atoms with E-state index in [1.165, 1.54) is 0 Å². The maximum absolute atomic E-state index is 5.82. The Morgan fingerprint density at radius 3 is 2.92 bits per heavy atom. The second-order valence-electron chi connectivity index (χ2n) is 6.05. The van der Waals surface area contributed by atoms with E-state index in [-0.39, 0.29) is 5.95 Å². The predicted molar refractivity (Wildman–Crippen MR) is 97.7 cm³/mol. The number of rotatable bonds is 5. The maximum Gasteiger partial charge on any atom is 0.222 e. The normalized spacial score (nSPS) is 13.3. The Labute approximate surface area is 150 Å². The van der Waals surface area contributed by atoms with Crippen molar-refractivity contribution < 1.29 is 9.26 Å². The van der Waals surface area contributed by atoms with Crippen LogP contribution in [0.4, 0.5) is 11.8 Å². The number of fused-ring (bicyclic) bond motifs is 1. The molecule has 4 N–H and O–H groups in total. The molecule has 8 heteroatoms. The van der Waals surface area contributed by atoms with Crippen LogP contribution in [0, 0.1) is 0 Å². The molecule has 0 fully saturated rings. The van der Waals surface area contributed by atoms with Gasteiger partial charge in [-0.15, -0.1) is 0 Å². The number of anilines is 2. The average Bonchev–Trinajstić information content (AvgIpc) is 3.15. The molecule has 0 spiro atoms. The number of benzene rings is 1. The SMILES string of the molecule is COc1ccc(-c2cc(CNc3nc(N)nc4c3CCNC4)no2)cc1. The van der Waals surface area contributed by atoms with Gasteiger partial charge in [0, 0.05) is 23.7 Å². The zero-order chi connectivity index (χ0) is 17.9. The molecular weight excluding hydrogens is 332 g/mol. The molecule has 134 valence electrons. The second kappa shape index (κ2) is 7.01. The molecule has 3 aromatic rings. The number of hydrogen-bond donors (Lipinski definition) is 3. The number of nitrogens with two attached hydrogens (primary N) is 1. The molecule has 26 heavy (non-hydrogen) atoms. The van der Waals surface area contributed by atoms with Crippen LogP contribution in [0.3, 0.4) is 0 Å². The Hall–Kier alpha value is -3.13. The lowest BCUT2D eigenvalue weighted by Crippen LogP contribution is -2.26. The van der Waals surface area contributed by atoms with Gasteiger partial charge in [-0.3, -0.25) is 0 Å². The number of nitrogen functional groups attached to an aromatic ring is 1. The van der Waals surface area contributed by atoms with Crippen molar-refractivity contribution in [3.05, 3.63) is 47.3 Å². The highest BCUT2D eigenvalue weighted by molar-refractivity contribution is 5.59. The zero-order valence-corrected chi connectivity index (χ0v) is 14.5. The molecule has 1 aliphatic heterocycles. The minimum Gasteiger partial charge on any atom is -0.497 e. The molecule has 0 amide bonds. The molecule has 1 aromatic carbocycles. The van der Waals surface area contributed by atoms with Gasteiger partial charge in [0.15, 0.2) is 5.76 Å². The van der Waals surface area contributed by atoms with E-state index in [2.05, 4.69) is 25.8 Å². The molecule has 0 saturated carbocycles. The van der Waals surface area contributed by atoms with Gasteiger partial charge in [0.25, 0.3) is 0 Å². The topological polar surface area (TPSA) is 111 Å². The van der Waals surface area contributed by atoms with Gasteiger partial charge in [0.2, 0.25) is 5.95 Å². The number of nitrogens with one attached hydrogen (secondary N) is 2. The lowest BCUT2D eigenvalue weighted by atomic mass is 10.1. The molecule has 0 radical (unpaired) electrons. The quantitative estimate of drug-likeness (QED) is 0.639. The van der Waals surface area contributed by atoms with Gasteiger partial charge in [-0.05, 0) is 37.2 Å². The summed E-state index contributed by atoms with van der Waals surface area (Å²) in [6.45, 7) is 2.11. The third-order valence-corrected chi connectivity index (χ3v) is 4.32. The van der Waals surface area contributed by atoms with Crippen molar-refractivity contribution in [1.82, 2.24) is 20.4 Å². The summed E-state index contributed by atoms with van der Waals surface area (Å²) in [5.74, 6) is 2.55. The van der Waals surface area contributed by atoms with E-state index in [9.17, 15) is 0 Å². The highest BCUT2D eigenvalue weighted by Crippen LogP contribution is 2.24.